The van der Waals surface area contributed by atoms with Gasteiger partial charge in [0.25, 0.3) is 0 Å². The van der Waals surface area contributed by atoms with Crippen molar-refractivity contribution in [2.75, 3.05) is 18.6 Å². The van der Waals surface area contributed by atoms with Gasteiger partial charge in [-0.15, -0.1) is 0 Å². The maximum atomic E-state index is 12.1. The molecule has 1 aliphatic rings. The van der Waals surface area contributed by atoms with E-state index in [2.05, 4.69) is 4.98 Å². The molecular formula is C13H20N2O3S. The standard InChI is InChI=1S/C13H20N2O3S/c1-11-14-5-6-15(11)7-8-19(17)10-13(3-4-13)9-12(16)18-2/h5-6H,3-4,7-10H2,1-2H3. The normalized spacial score (nSPS) is 18.0. The second-order valence-corrected chi connectivity index (χ2v) is 6.79. The second-order valence-electron chi connectivity index (χ2n) is 5.21. The molecule has 2 rings (SSSR count). The molecule has 0 N–H and O–H groups in total. The van der Waals surface area contributed by atoms with Gasteiger partial charge in [-0.2, -0.15) is 0 Å². The number of hydrogen-bond donors (Lipinski definition) is 0. The third kappa shape index (κ3) is 3.89. The summed E-state index contributed by atoms with van der Waals surface area (Å²) in [7, 11) is 0.505. The van der Waals surface area contributed by atoms with Crippen molar-refractivity contribution in [3.8, 4) is 0 Å². The lowest BCUT2D eigenvalue weighted by molar-refractivity contribution is -0.141. The fourth-order valence-electron chi connectivity index (χ4n) is 2.18. The minimum atomic E-state index is -0.895. The predicted molar refractivity (Wildman–Crippen MR) is 73.1 cm³/mol. The van der Waals surface area contributed by atoms with Gasteiger partial charge in [-0.25, -0.2) is 4.98 Å². The number of esters is 1. The van der Waals surface area contributed by atoms with E-state index in [1.54, 1.807) is 6.20 Å². The molecule has 1 fully saturated rings. The highest BCUT2D eigenvalue weighted by molar-refractivity contribution is 7.85. The van der Waals surface area contributed by atoms with Gasteiger partial charge >= 0.3 is 5.97 Å². The average Bonchev–Trinajstić information content (AvgIpc) is 2.98. The van der Waals surface area contributed by atoms with E-state index in [1.807, 2.05) is 17.7 Å². The number of imidazole rings is 1. The molecule has 19 heavy (non-hydrogen) atoms. The van der Waals surface area contributed by atoms with Gasteiger partial charge in [-0.05, 0) is 25.2 Å². The fourth-order valence-corrected chi connectivity index (χ4v) is 3.80. The van der Waals surface area contributed by atoms with Crippen LogP contribution in [0.5, 0.6) is 0 Å². The summed E-state index contributed by atoms with van der Waals surface area (Å²) < 4.78 is 18.8. The van der Waals surface area contributed by atoms with E-state index in [1.165, 1.54) is 7.11 Å². The number of carbonyl (C=O) groups excluding carboxylic acids is 1. The van der Waals surface area contributed by atoms with Crippen molar-refractivity contribution in [3.05, 3.63) is 18.2 Å². The van der Waals surface area contributed by atoms with Crippen molar-refractivity contribution in [1.29, 1.82) is 0 Å². The topological polar surface area (TPSA) is 61.2 Å². The molecule has 0 amide bonds. The molecule has 0 spiro atoms. The van der Waals surface area contributed by atoms with E-state index < -0.39 is 10.8 Å². The van der Waals surface area contributed by atoms with Gasteiger partial charge in [-0.1, -0.05) is 0 Å². The molecule has 0 aliphatic heterocycles. The Hall–Kier alpha value is -1.17. The van der Waals surface area contributed by atoms with Gasteiger partial charge in [0.15, 0.2) is 0 Å². The van der Waals surface area contributed by atoms with Crippen molar-refractivity contribution < 1.29 is 13.7 Å². The summed E-state index contributed by atoms with van der Waals surface area (Å²) in [5, 5.41) is 0. The average molecular weight is 284 g/mol. The number of aromatic nitrogens is 2. The van der Waals surface area contributed by atoms with Crippen LogP contribution in [0.1, 0.15) is 25.1 Å². The Balaban J connectivity index is 1.78. The first kappa shape index (κ1) is 14.2. The first-order valence-corrected chi connectivity index (χ1v) is 7.93. The van der Waals surface area contributed by atoms with Gasteiger partial charge in [0.2, 0.25) is 0 Å². The highest BCUT2D eigenvalue weighted by Crippen LogP contribution is 2.49. The lowest BCUT2D eigenvalue weighted by Crippen LogP contribution is -2.20. The first-order valence-electron chi connectivity index (χ1n) is 6.44. The van der Waals surface area contributed by atoms with Gasteiger partial charge in [0.05, 0.1) is 13.5 Å². The number of hydrogen-bond acceptors (Lipinski definition) is 4. The van der Waals surface area contributed by atoms with Crippen LogP contribution in [-0.2, 0) is 26.9 Å². The Labute approximate surface area is 115 Å². The van der Waals surface area contributed by atoms with Crippen LogP contribution >= 0.6 is 0 Å². The summed E-state index contributed by atoms with van der Waals surface area (Å²) in [5.74, 6) is 1.96. The summed E-state index contributed by atoms with van der Waals surface area (Å²) in [4.78, 5) is 15.4. The third-order valence-corrected chi connectivity index (χ3v) is 5.23. The molecule has 0 bridgehead atoms. The molecular weight excluding hydrogens is 264 g/mol. The van der Waals surface area contributed by atoms with Crippen LogP contribution in [0.25, 0.3) is 0 Å². The van der Waals surface area contributed by atoms with Gasteiger partial charge in [0.1, 0.15) is 5.82 Å². The summed E-state index contributed by atoms with van der Waals surface area (Å²) in [6, 6.07) is 0. The fraction of sp³-hybridized carbons (Fsp3) is 0.692. The largest absolute Gasteiger partial charge is 0.469 e. The molecule has 1 atom stereocenters. The lowest BCUT2D eigenvalue weighted by atomic mass is 10.1. The van der Waals surface area contributed by atoms with E-state index in [9.17, 15) is 9.00 Å². The summed E-state index contributed by atoms with van der Waals surface area (Å²) in [6.07, 6.45) is 6.01. The van der Waals surface area contributed by atoms with Crippen molar-refractivity contribution in [3.63, 3.8) is 0 Å². The van der Waals surface area contributed by atoms with Crippen LogP contribution in [0.4, 0.5) is 0 Å². The number of rotatable bonds is 7. The van der Waals surface area contributed by atoms with Crippen molar-refractivity contribution in [2.45, 2.75) is 32.7 Å². The van der Waals surface area contributed by atoms with Crippen LogP contribution in [0.2, 0.25) is 0 Å². The molecule has 1 aromatic rings. The summed E-state index contributed by atoms with van der Waals surface area (Å²) in [6.45, 7) is 2.65. The first-order chi connectivity index (χ1) is 9.04. The minimum Gasteiger partial charge on any atom is -0.469 e. The van der Waals surface area contributed by atoms with Gasteiger partial charge in [-0.3, -0.25) is 9.00 Å². The van der Waals surface area contributed by atoms with Crippen LogP contribution in [0.3, 0.4) is 0 Å². The van der Waals surface area contributed by atoms with Crippen molar-refractivity contribution in [2.24, 2.45) is 5.41 Å². The zero-order chi connectivity index (χ0) is 13.9. The van der Waals surface area contributed by atoms with Crippen LogP contribution in [0, 0.1) is 12.3 Å². The molecule has 0 aromatic carbocycles. The molecule has 1 aliphatic carbocycles. The predicted octanol–water partition coefficient (Wildman–Crippen LogP) is 1.28. The number of carbonyl (C=O) groups is 1. The Morgan fingerprint density at radius 3 is 2.84 bits per heavy atom. The lowest BCUT2D eigenvalue weighted by Gasteiger charge is -2.13. The van der Waals surface area contributed by atoms with Gasteiger partial charge < -0.3 is 9.30 Å². The van der Waals surface area contributed by atoms with Crippen molar-refractivity contribution in [1.82, 2.24) is 9.55 Å². The van der Waals surface area contributed by atoms with E-state index in [4.69, 9.17) is 4.74 Å². The SMILES string of the molecule is COC(=O)CC1(CS(=O)CCn2ccnc2C)CC1. The summed E-state index contributed by atoms with van der Waals surface area (Å²) >= 11 is 0. The molecule has 0 radical (unpaired) electrons. The quantitative estimate of drug-likeness (QED) is 0.708. The Morgan fingerprint density at radius 1 is 1.58 bits per heavy atom. The highest BCUT2D eigenvalue weighted by atomic mass is 32.2. The van der Waals surface area contributed by atoms with Crippen LogP contribution in [0.15, 0.2) is 12.4 Å². The van der Waals surface area contributed by atoms with E-state index >= 15 is 0 Å². The molecule has 1 unspecified atom stereocenters. The summed E-state index contributed by atoms with van der Waals surface area (Å²) in [5.41, 5.74) is -0.0536. The Morgan fingerprint density at radius 2 is 2.32 bits per heavy atom. The Bertz CT molecular complexity index is 480. The zero-order valence-electron chi connectivity index (χ0n) is 11.4. The monoisotopic (exact) mass is 284 g/mol. The number of ether oxygens (including phenoxy) is 1. The van der Waals surface area contributed by atoms with E-state index in [-0.39, 0.29) is 11.4 Å². The zero-order valence-corrected chi connectivity index (χ0v) is 12.2. The molecule has 106 valence electrons. The third-order valence-electron chi connectivity index (χ3n) is 3.65. The molecule has 5 nitrogen and oxygen atoms in total. The van der Waals surface area contributed by atoms with Gasteiger partial charge in [0, 0.05) is 41.2 Å². The van der Waals surface area contributed by atoms with Crippen LogP contribution < -0.4 is 0 Å². The minimum absolute atomic E-state index is 0.0536. The Kier molecular flexibility index (Phi) is 4.39. The number of aryl methyl sites for hydroxylation is 2. The molecule has 6 heteroatoms. The molecule has 0 saturated heterocycles. The highest BCUT2D eigenvalue weighted by Gasteiger charge is 2.45. The number of nitrogens with zero attached hydrogens (tertiary/aromatic N) is 2. The maximum absolute atomic E-state index is 12.1. The second kappa shape index (κ2) is 5.86. The van der Waals surface area contributed by atoms with Crippen molar-refractivity contribution >= 4 is 16.8 Å². The maximum Gasteiger partial charge on any atom is 0.306 e. The van der Waals surface area contributed by atoms with Crippen LogP contribution in [-0.4, -0.2) is 38.3 Å². The molecule has 1 aromatic heterocycles. The number of methoxy groups -OCH3 is 1. The smallest absolute Gasteiger partial charge is 0.306 e. The van der Waals surface area contributed by atoms with E-state index in [0.29, 0.717) is 24.5 Å². The molecule has 1 heterocycles. The van der Waals surface area contributed by atoms with E-state index in [0.717, 1.165) is 18.7 Å². The molecule has 1 saturated carbocycles.